The predicted octanol–water partition coefficient (Wildman–Crippen LogP) is 2.88. The molecule has 18 nitrogen and oxygen atoms in total. The third-order valence-corrected chi connectivity index (χ3v) is 6.19. The van der Waals surface area contributed by atoms with Crippen molar-refractivity contribution < 1.29 is 69.6 Å². The van der Waals surface area contributed by atoms with Gasteiger partial charge in [-0.25, -0.2) is 4.79 Å². The topological polar surface area (TPSA) is 240 Å². The van der Waals surface area contributed by atoms with Gasteiger partial charge in [0.05, 0.1) is 42.6 Å². The van der Waals surface area contributed by atoms with E-state index in [1.807, 2.05) is 0 Å². The third kappa shape index (κ3) is 23.2. The second kappa shape index (κ2) is 25.4. The molecule has 45 heavy (non-hydrogen) atoms. The van der Waals surface area contributed by atoms with Gasteiger partial charge in [0.25, 0.3) is 0 Å². The van der Waals surface area contributed by atoms with E-state index in [-0.39, 0.29) is 67.8 Å². The number of hydrogen-bond donors (Lipinski definition) is 7. The summed E-state index contributed by atoms with van der Waals surface area (Å²) in [5.74, 6) is -1.07. The summed E-state index contributed by atoms with van der Waals surface area (Å²) in [6.07, 6.45) is 6.21. The molecule has 0 heterocycles. The summed E-state index contributed by atoms with van der Waals surface area (Å²) in [6, 6.07) is 5.56. The van der Waals surface area contributed by atoms with Crippen molar-refractivity contribution in [2.75, 3.05) is 26.4 Å². The molecule has 0 fully saturated rings. The number of carbonyl (C=O) groups excluding carboxylic acids is 3. The summed E-state index contributed by atoms with van der Waals surface area (Å²) in [5.41, 5.74) is 0.690. The molecule has 1 amide bonds. The standard InChI is InChI=1S/C27H46N4O14/c32-25(11-5-3-9-19-43-30(37)38)28-24(27(34)41-17-7-1-2-8-18-42-29(35)36)21-22-13-15-23(16-14-22)45-26(33)12-6-4-10-20-44-31(39)40/h13-16,24,35-40H,1-12,17-21H2,(H,28,32). The zero-order chi connectivity index (χ0) is 33.3. The molecule has 0 radical (unpaired) electrons. The van der Waals surface area contributed by atoms with Crippen LogP contribution in [0, 0.1) is 0 Å². The van der Waals surface area contributed by atoms with Crippen molar-refractivity contribution in [1.29, 1.82) is 0 Å². The predicted molar refractivity (Wildman–Crippen MR) is 148 cm³/mol. The van der Waals surface area contributed by atoms with E-state index in [2.05, 4.69) is 19.8 Å². The summed E-state index contributed by atoms with van der Waals surface area (Å²) >= 11 is 0. The van der Waals surface area contributed by atoms with Crippen molar-refractivity contribution >= 4 is 17.8 Å². The van der Waals surface area contributed by atoms with Crippen molar-refractivity contribution in [3.63, 3.8) is 0 Å². The van der Waals surface area contributed by atoms with Gasteiger partial charge in [-0.2, -0.15) is 0 Å². The highest BCUT2D eigenvalue weighted by Gasteiger charge is 2.23. The Balaban J connectivity index is 2.57. The van der Waals surface area contributed by atoms with E-state index in [9.17, 15) is 14.4 Å². The summed E-state index contributed by atoms with van der Waals surface area (Å²) in [7, 11) is 0. The smallest absolute Gasteiger partial charge is 0.328 e. The van der Waals surface area contributed by atoms with Crippen LogP contribution in [-0.4, -0.2) is 97.7 Å². The van der Waals surface area contributed by atoms with Crippen LogP contribution in [0.5, 0.6) is 5.75 Å². The van der Waals surface area contributed by atoms with Crippen molar-refractivity contribution in [3.05, 3.63) is 29.8 Å². The number of amides is 1. The van der Waals surface area contributed by atoms with E-state index in [1.165, 1.54) is 0 Å². The highest BCUT2D eigenvalue weighted by atomic mass is 17.1. The number of unbranched alkanes of at least 4 members (excludes halogenated alkanes) is 7. The first-order chi connectivity index (χ1) is 21.6. The van der Waals surface area contributed by atoms with Crippen LogP contribution >= 0.6 is 0 Å². The van der Waals surface area contributed by atoms with Gasteiger partial charge in [-0.05, 0) is 62.6 Å². The van der Waals surface area contributed by atoms with E-state index in [0.717, 1.165) is 0 Å². The summed E-state index contributed by atoms with van der Waals surface area (Å²) in [6.45, 7) is 0.416. The molecule has 0 saturated carbocycles. The van der Waals surface area contributed by atoms with E-state index in [1.54, 1.807) is 24.3 Å². The largest absolute Gasteiger partial charge is 0.464 e. The second-order valence-corrected chi connectivity index (χ2v) is 9.90. The molecule has 0 aliphatic heterocycles. The van der Waals surface area contributed by atoms with Gasteiger partial charge in [0.15, 0.2) is 0 Å². The van der Waals surface area contributed by atoms with Crippen LogP contribution < -0.4 is 10.1 Å². The van der Waals surface area contributed by atoms with Crippen LogP contribution in [-0.2, 0) is 40.1 Å². The van der Waals surface area contributed by atoms with Crippen LogP contribution in [0.3, 0.4) is 0 Å². The molecule has 7 N–H and O–H groups in total. The van der Waals surface area contributed by atoms with Crippen LogP contribution in [0.25, 0.3) is 0 Å². The Morgan fingerprint density at radius 2 is 1.09 bits per heavy atom. The number of ether oxygens (including phenoxy) is 2. The molecule has 1 aromatic rings. The minimum absolute atomic E-state index is 0.0639. The molecule has 0 spiro atoms. The average molecular weight is 651 g/mol. The van der Waals surface area contributed by atoms with Crippen molar-refractivity contribution in [1.82, 2.24) is 21.5 Å². The van der Waals surface area contributed by atoms with Gasteiger partial charge in [0.1, 0.15) is 11.8 Å². The van der Waals surface area contributed by atoms with Crippen molar-refractivity contribution in [3.8, 4) is 5.75 Å². The SMILES string of the molecule is O=C(CCCCCON(O)O)NC(Cc1ccc(OC(=O)CCCCCON(O)O)cc1)C(=O)OCCCCCCON(O)O. The molecule has 258 valence electrons. The molecule has 1 unspecified atom stereocenters. The van der Waals surface area contributed by atoms with Crippen molar-refractivity contribution in [2.45, 2.75) is 89.5 Å². The number of nitrogens with zero attached hydrogens (tertiary/aromatic N) is 3. The van der Waals surface area contributed by atoms with Crippen LogP contribution in [0.4, 0.5) is 0 Å². The molecule has 1 rings (SSSR count). The molecule has 18 heteroatoms. The minimum Gasteiger partial charge on any atom is -0.464 e. The Labute approximate surface area is 260 Å². The number of nitrogens with one attached hydrogen (secondary N) is 1. The first-order valence-electron chi connectivity index (χ1n) is 14.7. The Kier molecular flexibility index (Phi) is 22.6. The van der Waals surface area contributed by atoms with E-state index >= 15 is 0 Å². The number of hydrogen-bond acceptors (Lipinski definition) is 17. The molecular formula is C27H46N4O14. The first kappa shape index (κ1) is 40.2. The quantitative estimate of drug-likeness (QED) is 0.0313. The number of carbonyl (C=O) groups is 3. The fourth-order valence-corrected chi connectivity index (χ4v) is 3.95. The lowest BCUT2D eigenvalue weighted by molar-refractivity contribution is -0.492. The lowest BCUT2D eigenvalue weighted by Gasteiger charge is -2.18. The highest BCUT2D eigenvalue weighted by Crippen LogP contribution is 2.16. The second-order valence-electron chi connectivity index (χ2n) is 9.90. The molecule has 0 aliphatic carbocycles. The van der Waals surface area contributed by atoms with Gasteiger partial charge in [0, 0.05) is 19.3 Å². The summed E-state index contributed by atoms with van der Waals surface area (Å²) in [4.78, 5) is 51.0. The van der Waals surface area contributed by atoms with E-state index < -0.39 is 18.0 Å². The summed E-state index contributed by atoms with van der Waals surface area (Å²) < 4.78 is 10.7. The van der Waals surface area contributed by atoms with Gasteiger partial charge < -0.3 is 14.8 Å². The van der Waals surface area contributed by atoms with Gasteiger partial charge in [-0.1, -0.05) is 31.4 Å². The average Bonchev–Trinajstić information content (AvgIpc) is 2.98. The van der Waals surface area contributed by atoms with Gasteiger partial charge >= 0.3 is 11.9 Å². The van der Waals surface area contributed by atoms with Crippen molar-refractivity contribution in [2.24, 2.45) is 0 Å². The zero-order valence-corrected chi connectivity index (χ0v) is 25.2. The fraction of sp³-hybridized carbons (Fsp3) is 0.667. The minimum atomic E-state index is -0.965. The lowest BCUT2D eigenvalue weighted by Crippen LogP contribution is -2.43. The third-order valence-electron chi connectivity index (χ3n) is 6.19. The normalized spacial score (nSPS) is 12.1. The molecule has 0 bridgehead atoms. The molecule has 0 aromatic heterocycles. The zero-order valence-electron chi connectivity index (χ0n) is 25.2. The maximum atomic E-state index is 12.9. The van der Waals surface area contributed by atoms with Gasteiger partial charge in [0.2, 0.25) is 5.91 Å². The van der Waals surface area contributed by atoms with Crippen LogP contribution in [0.2, 0.25) is 0 Å². The van der Waals surface area contributed by atoms with E-state index in [0.29, 0.717) is 75.5 Å². The lowest BCUT2D eigenvalue weighted by atomic mass is 10.1. The molecular weight excluding hydrogens is 604 g/mol. The molecule has 1 atom stereocenters. The first-order valence-corrected chi connectivity index (χ1v) is 14.7. The molecule has 0 aliphatic rings. The fourth-order valence-electron chi connectivity index (χ4n) is 3.95. The maximum absolute atomic E-state index is 12.9. The highest BCUT2D eigenvalue weighted by molar-refractivity contribution is 5.84. The van der Waals surface area contributed by atoms with Crippen LogP contribution in [0.1, 0.15) is 82.6 Å². The monoisotopic (exact) mass is 650 g/mol. The Hall–Kier alpha value is -2.85. The van der Waals surface area contributed by atoms with Crippen LogP contribution in [0.15, 0.2) is 24.3 Å². The van der Waals surface area contributed by atoms with Gasteiger partial charge in [-0.15, -0.1) is 0 Å². The number of rotatable bonds is 27. The number of benzene rings is 1. The Morgan fingerprint density at radius 3 is 1.60 bits per heavy atom. The Bertz CT molecular complexity index is 937. The molecule has 1 aromatic carbocycles. The summed E-state index contributed by atoms with van der Waals surface area (Å²) in [5, 5.41) is 52.6. The maximum Gasteiger partial charge on any atom is 0.328 e. The van der Waals surface area contributed by atoms with Gasteiger partial charge in [-0.3, -0.25) is 55.3 Å². The number of esters is 2. The molecule has 0 saturated heterocycles. The Morgan fingerprint density at radius 1 is 0.622 bits per heavy atom. The van der Waals surface area contributed by atoms with E-state index in [4.69, 9.17) is 40.7 Å².